The van der Waals surface area contributed by atoms with Gasteiger partial charge in [-0.3, -0.25) is 0 Å². The van der Waals surface area contributed by atoms with Crippen LogP contribution in [-0.4, -0.2) is 0 Å². The van der Waals surface area contributed by atoms with Gasteiger partial charge in [0, 0.05) is 17.1 Å². The summed E-state index contributed by atoms with van der Waals surface area (Å²) in [5, 5.41) is 0. The van der Waals surface area contributed by atoms with Crippen LogP contribution in [0, 0.1) is 10.2 Å². The largest absolute Gasteiger partial charge is 1.00 e. The number of rotatable bonds is 0. The third kappa shape index (κ3) is 31.4. The van der Waals surface area contributed by atoms with Gasteiger partial charge in [-0.05, 0) is 0 Å². The minimum atomic E-state index is -4.94. The third-order valence-electron chi connectivity index (χ3n) is 1.11. The van der Waals surface area contributed by atoms with Crippen molar-refractivity contribution < 1.29 is 64.8 Å². The van der Waals surface area contributed by atoms with Gasteiger partial charge in [0.2, 0.25) is 0 Å². The molecular formula is C10H10ClFeLiO4-6. The Labute approximate surface area is 125 Å². The molecule has 4 nitrogen and oxygen atoms in total. The fraction of sp³-hybridized carbons (Fsp3) is 0. The summed E-state index contributed by atoms with van der Waals surface area (Å²) < 4.78 is 34.0. The van der Waals surface area contributed by atoms with Crippen molar-refractivity contribution in [1.29, 1.82) is 0 Å². The normalized spacial score (nSPS) is 8.24. The van der Waals surface area contributed by atoms with E-state index in [1.165, 1.54) is 0 Å². The molecule has 96 valence electrons. The fourth-order valence-electron chi connectivity index (χ4n) is 0.642. The van der Waals surface area contributed by atoms with Gasteiger partial charge in [-0.2, -0.15) is 18.2 Å². The van der Waals surface area contributed by atoms with E-state index in [1.54, 1.807) is 0 Å². The quantitative estimate of drug-likeness (QED) is 0.359. The maximum absolute atomic E-state index is 8.49. The summed E-state index contributed by atoms with van der Waals surface area (Å²) in [6, 6.07) is 20.0. The molecule has 0 aliphatic carbocycles. The molecule has 0 amide bonds. The summed E-state index contributed by atoms with van der Waals surface area (Å²) in [6.45, 7) is 0. The van der Waals surface area contributed by atoms with E-state index in [0.717, 1.165) is 0 Å². The molecule has 7 heteroatoms. The zero-order valence-electron chi connectivity index (χ0n) is 9.14. The number of hydrogen-bond donors (Lipinski definition) is 0. The third-order valence-corrected chi connectivity index (χ3v) is 1.11. The summed E-state index contributed by atoms with van der Waals surface area (Å²) in [5.74, 6) is 0. The summed E-state index contributed by atoms with van der Waals surface area (Å²) in [5.41, 5.74) is 0. The van der Waals surface area contributed by atoms with E-state index in [2.05, 4.69) is 0 Å². The second-order valence-corrected chi connectivity index (χ2v) is 3.06. The molecule has 0 radical (unpaired) electrons. The Morgan fingerprint density at radius 3 is 1.06 bits per heavy atom. The molecule has 2 aromatic rings. The van der Waals surface area contributed by atoms with Gasteiger partial charge in [0.15, 0.2) is 0 Å². The van der Waals surface area contributed by atoms with Gasteiger partial charge in [-0.15, -0.1) is 10.2 Å². The molecule has 0 atom stereocenters. The molecule has 2 aromatic carbocycles. The first kappa shape index (κ1) is 22.2. The zero-order valence-corrected chi connectivity index (χ0v) is 11.0. The van der Waals surface area contributed by atoms with E-state index in [1.807, 2.05) is 60.7 Å². The van der Waals surface area contributed by atoms with Crippen LogP contribution in [-0.2, 0) is 17.1 Å². The topological polar surface area (TPSA) is 92.2 Å². The smallest absolute Gasteiger partial charge is 0.748 e. The molecule has 0 saturated carbocycles. The van der Waals surface area contributed by atoms with Crippen LogP contribution in [0.2, 0.25) is 0 Å². The standard InChI is InChI=1S/2C5H5.ClHO4.Fe.Li/c2*1-2-4-5-3-1;2-1(3,4)5;;/h2*1-5H;(H,2,3,4,5);;/q-5;-1;;;+1/p-1. The van der Waals surface area contributed by atoms with Gasteiger partial charge >= 0.3 is 18.9 Å². The number of halogens is 1. The van der Waals surface area contributed by atoms with Gasteiger partial charge in [0.1, 0.15) is 0 Å². The van der Waals surface area contributed by atoms with Crippen LogP contribution in [0.15, 0.2) is 60.7 Å². The van der Waals surface area contributed by atoms with Crippen LogP contribution in [0.4, 0.5) is 0 Å². The van der Waals surface area contributed by atoms with Gasteiger partial charge in [-0.25, -0.2) is 30.8 Å². The van der Waals surface area contributed by atoms with Crippen molar-refractivity contribution in [3.05, 3.63) is 60.7 Å². The van der Waals surface area contributed by atoms with E-state index in [-0.39, 0.29) is 35.9 Å². The predicted molar refractivity (Wildman–Crippen MR) is 44.1 cm³/mol. The zero-order chi connectivity index (χ0) is 11.6. The Balaban J connectivity index is -0.000000163. The maximum Gasteiger partial charge on any atom is 1.00 e. The van der Waals surface area contributed by atoms with Crippen molar-refractivity contribution in [2.24, 2.45) is 0 Å². The Morgan fingerprint density at radius 1 is 0.706 bits per heavy atom. The molecule has 0 unspecified atom stereocenters. The van der Waals surface area contributed by atoms with Crippen LogP contribution < -0.4 is 37.5 Å². The van der Waals surface area contributed by atoms with E-state index < -0.39 is 10.2 Å². The SMILES string of the molecule is [Fe].[Li+].[O-][Cl+3]([O-])([O-])[O-].[cH-]1[cH-][cH-][cH-][cH-]1.c1cc[cH-]c1. The van der Waals surface area contributed by atoms with Crippen LogP contribution in [0.5, 0.6) is 0 Å². The molecule has 0 saturated heterocycles. The number of hydrogen-bond acceptors (Lipinski definition) is 4. The molecule has 0 bridgehead atoms. The molecule has 0 aromatic heterocycles. The Morgan fingerprint density at radius 2 is 0.941 bits per heavy atom. The summed E-state index contributed by atoms with van der Waals surface area (Å²) in [6.07, 6.45) is 0. The van der Waals surface area contributed by atoms with E-state index in [4.69, 9.17) is 18.6 Å². The van der Waals surface area contributed by atoms with E-state index >= 15 is 0 Å². The van der Waals surface area contributed by atoms with Gasteiger partial charge < -0.3 is 30.3 Å². The van der Waals surface area contributed by atoms with Crippen LogP contribution in [0.25, 0.3) is 0 Å². The molecule has 0 N–H and O–H groups in total. The van der Waals surface area contributed by atoms with Gasteiger partial charge in [-0.1, -0.05) is 0 Å². The first-order valence-electron chi connectivity index (χ1n) is 3.95. The van der Waals surface area contributed by atoms with Crippen molar-refractivity contribution in [2.45, 2.75) is 0 Å². The summed E-state index contributed by atoms with van der Waals surface area (Å²) in [7, 11) is -4.94. The second kappa shape index (κ2) is 14.0. The average molecular weight is 292 g/mol. The van der Waals surface area contributed by atoms with Crippen LogP contribution in [0.3, 0.4) is 0 Å². The van der Waals surface area contributed by atoms with Crippen molar-refractivity contribution in [3.63, 3.8) is 0 Å². The minimum absolute atomic E-state index is 0. The molecule has 0 aliphatic heterocycles. The van der Waals surface area contributed by atoms with Crippen LogP contribution in [0.1, 0.15) is 0 Å². The molecule has 17 heavy (non-hydrogen) atoms. The molecule has 0 aliphatic rings. The Hall–Kier alpha value is -0.0531. The maximum atomic E-state index is 8.49. The van der Waals surface area contributed by atoms with Gasteiger partial charge in [0.05, 0.1) is 0 Å². The average Bonchev–Trinajstić information content (AvgIpc) is 2.81. The Kier molecular flexibility index (Phi) is 18.3. The van der Waals surface area contributed by atoms with Crippen LogP contribution >= 0.6 is 0 Å². The molecule has 0 spiro atoms. The molecule has 0 fully saturated rings. The first-order valence-corrected chi connectivity index (χ1v) is 5.18. The van der Waals surface area contributed by atoms with E-state index in [0.29, 0.717) is 0 Å². The van der Waals surface area contributed by atoms with E-state index in [9.17, 15) is 0 Å². The first-order chi connectivity index (χ1) is 7.00. The minimum Gasteiger partial charge on any atom is -0.748 e. The van der Waals surface area contributed by atoms with Crippen molar-refractivity contribution in [1.82, 2.24) is 0 Å². The fourth-order valence-corrected chi connectivity index (χ4v) is 0.642. The molecule has 2 rings (SSSR count). The van der Waals surface area contributed by atoms with Crippen molar-refractivity contribution in [2.75, 3.05) is 0 Å². The predicted octanol–water partition coefficient (Wildman–Crippen LogP) is -4.94. The molecule has 0 heterocycles. The Bertz CT molecular complexity index is 228. The van der Waals surface area contributed by atoms with Crippen molar-refractivity contribution >= 4 is 0 Å². The van der Waals surface area contributed by atoms with Gasteiger partial charge in [0.25, 0.3) is 0 Å². The summed E-state index contributed by atoms with van der Waals surface area (Å²) >= 11 is 0. The second-order valence-electron chi connectivity index (χ2n) is 2.30. The summed E-state index contributed by atoms with van der Waals surface area (Å²) in [4.78, 5) is 0. The van der Waals surface area contributed by atoms with Crippen molar-refractivity contribution in [3.8, 4) is 0 Å². The molecular weight excluding hydrogens is 282 g/mol. The monoisotopic (exact) mass is 292 g/mol.